The van der Waals surface area contributed by atoms with Gasteiger partial charge < -0.3 is 0 Å². The van der Waals surface area contributed by atoms with Gasteiger partial charge >= 0.3 is 0 Å². The standard InChI is InChI=1S/C5H3IN2S/c1-2-6-8-5-4(1)7-3-9-5/h1-3H. The van der Waals surface area contributed by atoms with Crippen LogP contribution in [0.4, 0.5) is 0 Å². The zero-order chi connectivity index (χ0) is 6.10. The molecule has 9 heavy (non-hydrogen) atoms. The summed E-state index contributed by atoms with van der Waals surface area (Å²) < 4.78 is 7.57. The van der Waals surface area contributed by atoms with Crippen molar-refractivity contribution in [2.75, 3.05) is 0 Å². The van der Waals surface area contributed by atoms with Gasteiger partial charge in [0.2, 0.25) is 0 Å². The fourth-order valence-electron chi connectivity index (χ4n) is 0.587. The van der Waals surface area contributed by atoms with Gasteiger partial charge in [-0.25, -0.2) is 8.19 Å². The Bertz CT molecular complexity index is 319. The van der Waals surface area contributed by atoms with Gasteiger partial charge in [-0.2, -0.15) is 0 Å². The van der Waals surface area contributed by atoms with Crippen molar-refractivity contribution in [1.29, 1.82) is 0 Å². The SMILES string of the molecule is C1=IN=c2scnc2=C1. The third-order valence-electron chi connectivity index (χ3n) is 0.978. The molecule has 0 bridgehead atoms. The molecule has 2 heterocycles. The molecule has 0 aliphatic carbocycles. The molecule has 0 atom stereocenters. The second-order valence-corrected chi connectivity index (χ2v) is 4.11. The summed E-state index contributed by atoms with van der Waals surface area (Å²) in [5, 5.41) is 1.05. The van der Waals surface area contributed by atoms with Gasteiger partial charge in [0.1, 0.15) is 10.0 Å². The van der Waals surface area contributed by atoms with E-state index in [2.05, 4.69) is 18.3 Å². The van der Waals surface area contributed by atoms with Crippen LogP contribution in [0.1, 0.15) is 0 Å². The Balaban J connectivity index is 2.99. The summed E-state index contributed by atoms with van der Waals surface area (Å²) in [6, 6.07) is 0. The van der Waals surface area contributed by atoms with E-state index in [1.54, 1.807) is 11.3 Å². The van der Waals surface area contributed by atoms with Crippen molar-refractivity contribution in [2.24, 2.45) is 3.21 Å². The first-order valence-electron chi connectivity index (χ1n) is 2.40. The fourth-order valence-corrected chi connectivity index (χ4v) is 2.90. The highest BCUT2D eigenvalue weighted by Crippen LogP contribution is 1.96. The average Bonchev–Trinajstić information content (AvgIpc) is 2.33. The molecule has 0 N–H and O–H groups in total. The van der Waals surface area contributed by atoms with Crippen LogP contribution in [0.2, 0.25) is 0 Å². The Morgan fingerprint density at radius 3 is 3.44 bits per heavy atom. The summed E-state index contributed by atoms with van der Waals surface area (Å²) in [7, 11) is 0. The summed E-state index contributed by atoms with van der Waals surface area (Å²) in [4.78, 5) is 4.11. The zero-order valence-electron chi connectivity index (χ0n) is 4.41. The molecule has 0 radical (unpaired) electrons. The van der Waals surface area contributed by atoms with Crippen molar-refractivity contribution >= 4 is 42.4 Å². The van der Waals surface area contributed by atoms with Crippen LogP contribution in [0.15, 0.2) is 8.72 Å². The van der Waals surface area contributed by atoms with E-state index in [1.807, 2.05) is 5.51 Å². The molecule has 0 aromatic carbocycles. The smallest absolute Gasteiger partial charge is 0.149 e. The minimum atomic E-state index is -0.0333. The maximum atomic E-state index is 4.33. The van der Waals surface area contributed by atoms with Crippen molar-refractivity contribution in [3.63, 3.8) is 0 Å². The molecule has 0 unspecified atom stereocenters. The van der Waals surface area contributed by atoms with E-state index in [-0.39, 0.29) is 21.0 Å². The molecule has 46 valence electrons. The second-order valence-electron chi connectivity index (χ2n) is 1.52. The molecule has 0 saturated carbocycles. The van der Waals surface area contributed by atoms with E-state index in [4.69, 9.17) is 0 Å². The topological polar surface area (TPSA) is 25.2 Å². The quantitative estimate of drug-likeness (QED) is 0.606. The van der Waals surface area contributed by atoms with E-state index in [1.165, 1.54) is 0 Å². The summed E-state index contributed by atoms with van der Waals surface area (Å²) in [6.45, 7) is 0. The molecule has 0 spiro atoms. The minimum absolute atomic E-state index is 0.0333. The van der Waals surface area contributed by atoms with Crippen LogP contribution < -0.4 is 10.0 Å². The molecule has 1 aromatic heterocycles. The van der Waals surface area contributed by atoms with Gasteiger partial charge in [-0.1, -0.05) is 0 Å². The van der Waals surface area contributed by atoms with E-state index in [0.29, 0.717) is 0 Å². The lowest BCUT2D eigenvalue weighted by Crippen LogP contribution is -2.21. The van der Waals surface area contributed by atoms with Crippen molar-refractivity contribution in [3.05, 3.63) is 15.5 Å². The summed E-state index contributed by atoms with van der Waals surface area (Å²) in [6.07, 6.45) is 2.06. The van der Waals surface area contributed by atoms with Gasteiger partial charge in [-0.3, -0.25) is 0 Å². The van der Waals surface area contributed by atoms with Crippen LogP contribution in [-0.2, 0) is 0 Å². The largest absolute Gasteiger partial charge is 0.243 e. The van der Waals surface area contributed by atoms with Crippen LogP contribution >= 0.6 is 32.3 Å². The molecule has 0 fully saturated rings. The van der Waals surface area contributed by atoms with E-state index >= 15 is 0 Å². The number of aromatic nitrogens is 1. The maximum Gasteiger partial charge on any atom is 0.149 e. The van der Waals surface area contributed by atoms with Crippen LogP contribution in [0.5, 0.6) is 0 Å². The second kappa shape index (κ2) is 2.26. The van der Waals surface area contributed by atoms with Crippen LogP contribution in [0, 0.1) is 0 Å². The first kappa shape index (κ1) is 5.67. The van der Waals surface area contributed by atoms with Crippen LogP contribution in [-0.4, -0.2) is 9.00 Å². The zero-order valence-corrected chi connectivity index (χ0v) is 7.39. The molecule has 1 aliphatic rings. The lowest BCUT2D eigenvalue weighted by molar-refractivity contribution is 1.30. The Morgan fingerprint density at radius 1 is 1.56 bits per heavy atom. The monoisotopic (exact) mass is 250 g/mol. The predicted molar refractivity (Wildman–Crippen MR) is 47.4 cm³/mol. The summed E-state index contributed by atoms with van der Waals surface area (Å²) >= 11 is 1.59. The number of thiazole rings is 1. The Labute approximate surface area is 66.1 Å². The lowest BCUT2D eigenvalue weighted by Gasteiger charge is -1.78. The Hall–Kier alpha value is -0.100. The summed E-state index contributed by atoms with van der Waals surface area (Å²) in [5.41, 5.74) is 1.84. The minimum Gasteiger partial charge on any atom is -0.243 e. The van der Waals surface area contributed by atoms with Gasteiger partial charge in [0.25, 0.3) is 0 Å². The highest BCUT2D eigenvalue weighted by Gasteiger charge is 1.89. The molecule has 1 aliphatic heterocycles. The molecule has 0 saturated heterocycles. The van der Waals surface area contributed by atoms with Crippen LogP contribution in [0.3, 0.4) is 0 Å². The van der Waals surface area contributed by atoms with Crippen molar-refractivity contribution < 1.29 is 0 Å². The normalized spacial score (nSPS) is 14.7. The molecule has 1 aromatic rings. The van der Waals surface area contributed by atoms with Gasteiger partial charge in [-0.15, -0.1) is 11.3 Å². The van der Waals surface area contributed by atoms with Gasteiger partial charge in [-0.05, 0) is 10.1 Å². The third-order valence-corrected chi connectivity index (χ3v) is 3.48. The lowest BCUT2D eigenvalue weighted by atomic mass is 10.6. The average molecular weight is 250 g/mol. The van der Waals surface area contributed by atoms with Crippen LogP contribution in [0.25, 0.3) is 6.08 Å². The molecule has 4 heteroatoms. The molecule has 0 amide bonds. The van der Waals surface area contributed by atoms with Crippen molar-refractivity contribution in [2.45, 2.75) is 0 Å². The van der Waals surface area contributed by atoms with E-state index in [0.717, 1.165) is 10.0 Å². The highest BCUT2D eigenvalue weighted by atomic mass is 127. The number of hydrogen-bond donors (Lipinski definition) is 0. The van der Waals surface area contributed by atoms with Gasteiger partial charge in [0.05, 0.1) is 5.51 Å². The Kier molecular flexibility index (Phi) is 1.42. The van der Waals surface area contributed by atoms with E-state index < -0.39 is 0 Å². The third kappa shape index (κ3) is 0.963. The number of rotatable bonds is 0. The van der Waals surface area contributed by atoms with Gasteiger partial charge in [0.15, 0.2) is 0 Å². The van der Waals surface area contributed by atoms with Crippen molar-refractivity contribution in [1.82, 2.24) is 4.98 Å². The van der Waals surface area contributed by atoms with E-state index in [9.17, 15) is 0 Å². The maximum absolute atomic E-state index is 4.33. The highest BCUT2D eigenvalue weighted by molar-refractivity contribution is 14.2. The number of halogens is 1. The first-order chi connectivity index (χ1) is 4.47. The first-order valence-corrected chi connectivity index (χ1v) is 5.49. The molecule has 2 rings (SSSR count). The molecular formula is C5H3IN2S. The number of nitrogens with zero attached hydrogens (tertiary/aromatic N) is 2. The molecule has 2 nitrogen and oxygen atoms in total. The Morgan fingerprint density at radius 2 is 2.56 bits per heavy atom. The van der Waals surface area contributed by atoms with Crippen molar-refractivity contribution in [3.8, 4) is 0 Å². The number of fused-ring (bicyclic) bond motifs is 1. The number of hydrogen-bond acceptors (Lipinski definition) is 3. The fraction of sp³-hybridized carbons (Fsp3) is 0. The predicted octanol–water partition coefficient (Wildman–Crippen LogP) is 0.245. The molecular weight excluding hydrogens is 247 g/mol. The van der Waals surface area contributed by atoms with Gasteiger partial charge in [0, 0.05) is 21.0 Å². The summed E-state index contributed by atoms with van der Waals surface area (Å²) in [5.74, 6) is 0.